The molecule has 1 heterocycles. The van der Waals surface area contributed by atoms with Gasteiger partial charge in [-0.1, -0.05) is 30.3 Å². The molecule has 28 heavy (non-hydrogen) atoms. The number of hydrogen-bond acceptors (Lipinski definition) is 4. The van der Waals surface area contributed by atoms with Crippen LogP contribution >= 0.6 is 0 Å². The molecular formula is C22H26N4O2. The first-order valence-corrected chi connectivity index (χ1v) is 9.52. The van der Waals surface area contributed by atoms with Crippen molar-refractivity contribution in [1.29, 1.82) is 0 Å². The summed E-state index contributed by atoms with van der Waals surface area (Å²) in [6.07, 6.45) is 1.67. The molecule has 1 atom stereocenters. The lowest BCUT2D eigenvalue weighted by molar-refractivity contribution is 0.237. The number of para-hydroxylation sites is 1. The summed E-state index contributed by atoms with van der Waals surface area (Å²) in [5, 5.41) is 19.4. The molecule has 6 heteroatoms. The molecule has 2 aromatic carbocycles. The Morgan fingerprint density at radius 2 is 1.82 bits per heavy atom. The van der Waals surface area contributed by atoms with Crippen molar-refractivity contribution in [3.05, 3.63) is 66.2 Å². The number of nitrogens with one attached hydrogen (secondary N) is 3. The lowest BCUT2D eigenvalue weighted by Gasteiger charge is -2.15. The Kier molecular flexibility index (Phi) is 6.68. The molecule has 6 nitrogen and oxygen atoms in total. The first kappa shape index (κ1) is 19.5. The summed E-state index contributed by atoms with van der Waals surface area (Å²) in [4.78, 5) is 16.5. The van der Waals surface area contributed by atoms with Crippen LogP contribution in [0, 0.1) is 0 Å². The fourth-order valence-electron chi connectivity index (χ4n) is 2.92. The number of anilines is 1. The van der Waals surface area contributed by atoms with Crippen LogP contribution in [-0.2, 0) is 6.42 Å². The van der Waals surface area contributed by atoms with Gasteiger partial charge in [-0.2, -0.15) is 0 Å². The Bertz CT molecular complexity index is 912. The van der Waals surface area contributed by atoms with E-state index >= 15 is 0 Å². The molecule has 2 amide bonds. The normalized spacial score (nSPS) is 11.8. The van der Waals surface area contributed by atoms with Crippen molar-refractivity contribution < 1.29 is 9.90 Å². The number of fused-ring (bicyclic) bond motifs is 1. The molecule has 0 fully saturated rings. The molecule has 0 aliphatic rings. The predicted molar refractivity (Wildman–Crippen MR) is 113 cm³/mol. The van der Waals surface area contributed by atoms with Crippen molar-refractivity contribution >= 4 is 22.8 Å². The second kappa shape index (κ2) is 9.60. The minimum absolute atomic E-state index is 0.0592. The van der Waals surface area contributed by atoms with Crippen molar-refractivity contribution in [2.24, 2.45) is 0 Å². The van der Waals surface area contributed by atoms with E-state index in [2.05, 4.69) is 20.9 Å². The van der Waals surface area contributed by atoms with Gasteiger partial charge in [0, 0.05) is 24.5 Å². The van der Waals surface area contributed by atoms with Crippen molar-refractivity contribution in [2.75, 3.05) is 18.4 Å². The number of aromatic nitrogens is 1. The number of hydrogen-bond donors (Lipinski definition) is 4. The zero-order valence-electron chi connectivity index (χ0n) is 16.0. The van der Waals surface area contributed by atoms with Gasteiger partial charge >= 0.3 is 6.03 Å². The average Bonchev–Trinajstić information content (AvgIpc) is 2.70. The topological polar surface area (TPSA) is 86.3 Å². The van der Waals surface area contributed by atoms with Gasteiger partial charge in [-0.15, -0.1) is 0 Å². The zero-order valence-corrected chi connectivity index (χ0v) is 16.0. The maximum absolute atomic E-state index is 12.0. The zero-order chi connectivity index (χ0) is 19.8. The number of phenols is 1. The Labute approximate surface area is 165 Å². The van der Waals surface area contributed by atoms with Gasteiger partial charge in [-0.3, -0.25) is 0 Å². The largest absolute Gasteiger partial charge is 0.508 e. The van der Waals surface area contributed by atoms with Gasteiger partial charge in [-0.25, -0.2) is 9.78 Å². The number of urea groups is 1. The van der Waals surface area contributed by atoms with E-state index in [9.17, 15) is 9.90 Å². The quantitative estimate of drug-likeness (QED) is 0.451. The minimum Gasteiger partial charge on any atom is -0.508 e. The van der Waals surface area contributed by atoms with Crippen molar-refractivity contribution in [3.63, 3.8) is 0 Å². The van der Waals surface area contributed by atoms with Gasteiger partial charge in [-0.05, 0) is 55.7 Å². The van der Waals surface area contributed by atoms with Crippen LogP contribution in [0.15, 0.2) is 60.7 Å². The number of phenolic OH excluding ortho intramolecular Hbond substituents is 1. The second-order valence-corrected chi connectivity index (χ2v) is 6.82. The summed E-state index contributed by atoms with van der Waals surface area (Å²) in [5.74, 6) is 1.06. The number of pyridine rings is 1. The van der Waals surface area contributed by atoms with E-state index in [-0.39, 0.29) is 17.8 Å². The molecule has 0 radical (unpaired) electrons. The molecule has 0 saturated heterocycles. The number of amides is 2. The number of aryl methyl sites for hydroxylation is 1. The first-order chi connectivity index (χ1) is 13.6. The molecule has 0 aliphatic heterocycles. The molecule has 3 aromatic rings. The molecule has 3 rings (SSSR count). The fraction of sp³-hybridized carbons (Fsp3) is 0.273. The number of aromatic hydroxyl groups is 1. The smallest absolute Gasteiger partial charge is 0.315 e. The summed E-state index contributed by atoms with van der Waals surface area (Å²) in [6, 6.07) is 19.0. The molecule has 0 bridgehead atoms. The number of rotatable bonds is 8. The van der Waals surface area contributed by atoms with Crippen LogP contribution < -0.4 is 16.0 Å². The third-order valence-corrected chi connectivity index (χ3v) is 4.49. The molecule has 0 aliphatic carbocycles. The Morgan fingerprint density at radius 3 is 2.64 bits per heavy atom. The molecular weight excluding hydrogens is 352 g/mol. The molecule has 146 valence electrons. The summed E-state index contributed by atoms with van der Waals surface area (Å²) >= 11 is 0. The van der Waals surface area contributed by atoms with Crippen LogP contribution in [0.5, 0.6) is 5.75 Å². The van der Waals surface area contributed by atoms with Gasteiger partial charge in [0.1, 0.15) is 11.6 Å². The van der Waals surface area contributed by atoms with E-state index in [0.29, 0.717) is 13.1 Å². The highest BCUT2D eigenvalue weighted by molar-refractivity contribution is 5.80. The summed E-state index contributed by atoms with van der Waals surface area (Å²) in [5.41, 5.74) is 2.08. The minimum atomic E-state index is -0.175. The summed E-state index contributed by atoms with van der Waals surface area (Å²) in [6.45, 7) is 3.09. The van der Waals surface area contributed by atoms with Crippen molar-refractivity contribution in [2.45, 2.75) is 25.8 Å². The third kappa shape index (κ3) is 5.87. The second-order valence-electron chi connectivity index (χ2n) is 6.82. The SMILES string of the molecule is CC(CCc1ccc(O)cc1)NC(=O)NCCNc1ccc2ccccc2n1. The third-order valence-electron chi connectivity index (χ3n) is 4.49. The van der Waals surface area contributed by atoms with Crippen LogP contribution in [0.1, 0.15) is 18.9 Å². The predicted octanol–water partition coefficient (Wildman–Crippen LogP) is 3.67. The van der Waals surface area contributed by atoms with Crippen molar-refractivity contribution in [1.82, 2.24) is 15.6 Å². The van der Waals surface area contributed by atoms with E-state index in [4.69, 9.17) is 0 Å². The summed E-state index contributed by atoms with van der Waals surface area (Å²) in [7, 11) is 0. The number of benzene rings is 2. The fourth-order valence-corrected chi connectivity index (χ4v) is 2.92. The van der Waals surface area contributed by atoms with Crippen LogP contribution in [0.3, 0.4) is 0 Å². The van der Waals surface area contributed by atoms with Crippen LogP contribution in [0.25, 0.3) is 10.9 Å². The lowest BCUT2D eigenvalue weighted by Crippen LogP contribution is -2.42. The van der Waals surface area contributed by atoms with E-state index in [1.165, 1.54) is 0 Å². The Balaban J connectivity index is 1.33. The number of carbonyl (C=O) groups excluding carboxylic acids is 1. The van der Waals surface area contributed by atoms with Gasteiger partial charge in [0.15, 0.2) is 0 Å². The van der Waals surface area contributed by atoms with Gasteiger partial charge in [0.25, 0.3) is 0 Å². The standard InChI is InChI=1S/C22H26N4O2/c1-16(6-7-17-8-11-19(27)12-9-17)25-22(28)24-15-14-23-21-13-10-18-4-2-3-5-20(18)26-21/h2-5,8-13,16,27H,6-7,14-15H2,1H3,(H,23,26)(H2,24,25,28). The van der Waals surface area contributed by atoms with E-state index in [1.54, 1.807) is 12.1 Å². The van der Waals surface area contributed by atoms with Gasteiger partial charge < -0.3 is 21.1 Å². The monoisotopic (exact) mass is 378 g/mol. The van der Waals surface area contributed by atoms with Crippen LogP contribution in [0.2, 0.25) is 0 Å². The molecule has 0 spiro atoms. The number of carbonyl (C=O) groups is 1. The average molecular weight is 378 g/mol. The van der Waals surface area contributed by atoms with E-state index in [0.717, 1.165) is 35.1 Å². The Hall–Kier alpha value is -3.28. The molecule has 4 N–H and O–H groups in total. The van der Waals surface area contributed by atoms with Crippen molar-refractivity contribution in [3.8, 4) is 5.75 Å². The highest BCUT2D eigenvalue weighted by Gasteiger charge is 2.07. The number of nitrogens with zero attached hydrogens (tertiary/aromatic N) is 1. The van der Waals surface area contributed by atoms with Gasteiger partial charge in [0.2, 0.25) is 0 Å². The molecule has 1 unspecified atom stereocenters. The van der Waals surface area contributed by atoms with E-state index < -0.39 is 0 Å². The van der Waals surface area contributed by atoms with E-state index in [1.807, 2.05) is 55.5 Å². The Morgan fingerprint density at radius 1 is 1.04 bits per heavy atom. The maximum atomic E-state index is 12.0. The maximum Gasteiger partial charge on any atom is 0.315 e. The summed E-state index contributed by atoms with van der Waals surface area (Å²) < 4.78 is 0. The molecule has 1 aromatic heterocycles. The lowest BCUT2D eigenvalue weighted by atomic mass is 10.1. The van der Waals surface area contributed by atoms with Gasteiger partial charge in [0.05, 0.1) is 5.52 Å². The van der Waals surface area contributed by atoms with Crippen LogP contribution in [-0.4, -0.2) is 35.3 Å². The highest BCUT2D eigenvalue weighted by Crippen LogP contribution is 2.14. The van der Waals surface area contributed by atoms with Crippen LogP contribution in [0.4, 0.5) is 10.6 Å². The first-order valence-electron chi connectivity index (χ1n) is 9.52. The highest BCUT2D eigenvalue weighted by atomic mass is 16.3. The molecule has 0 saturated carbocycles.